The Labute approximate surface area is 156 Å². The summed E-state index contributed by atoms with van der Waals surface area (Å²) in [7, 11) is 1.67. The van der Waals surface area contributed by atoms with Gasteiger partial charge in [0, 0.05) is 19.2 Å². The third kappa shape index (κ3) is 7.33. The van der Waals surface area contributed by atoms with E-state index < -0.39 is 5.60 Å². The number of carbonyl (C=O) groups excluding carboxylic acids is 1. The lowest BCUT2D eigenvalue weighted by Gasteiger charge is -2.20. The van der Waals surface area contributed by atoms with E-state index >= 15 is 0 Å². The van der Waals surface area contributed by atoms with Gasteiger partial charge in [0.05, 0.1) is 6.61 Å². The first kappa shape index (κ1) is 20.1. The Hall–Kier alpha value is -2.24. The second-order valence-corrected chi connectivity index (χ2v) is 7.73. The summed E-state index contributed by atoms with van der Waals surface area (Å²) in [6, 6.07) is 6.19. The zero-order valence-electron chi connectivity index (χ0n) is 16.5. The van der Waals surface area contributed by atoms with E-state index in [-0.39, 0.29) is 12.5 Å². The van der Waals surface area contributed by atoms with Crippen LogP contribution in [0.15, 0.2) is 23.2 Å². The lowest BCUT2D eigenvalue weighted by atomic mass is 10.1. The summed E-state index contributed by atoms with van der Waals surface area (Å²) in [5.41, 5.74) is 1.74. The average molecular weight is 361 g/mol. The number of ether oxygens (including phenoxy) is 2. The molecule has 0 radical (unpaired) electrons. The van der Waals surface area contributed by atoms with Crippen LogP contribution in [0.25, 0.3) is 0 Å². The minimum Gasteiger partial charge on any atom is -0.493 e. The van der Waals surface area contributed by atoms with Crippen LogP contribution in [0.5, 0.6) is 5.75 Å². The SMILES string of the molecule is CN=C(NCC(=O)OC(C)(C)C)NCc1ccc(C)cc1OCC1CC1. The van der Waals surface area contributed by atoms with Crippen molar-refractivity contribution in [3.8, 4) is 5.75 Å². The molecule has 0 heterocycles. The Balaban J connectivity index is 1.86. The van der Waals surface area contributed by atoms with Crippen molar-refractivity contribution in [1.29, 1.82) is 0 Å². The van der Waals surface area contributed by atoms with Crippen LogP contribution in [-0.4, -0.2) is 37.7 Å². The normalized spacial score (nSPS) is 14.7. The number of esters is 1. The number of nitrogens with zero attached hydrogens (tertiary/aromatic N) is 1. The van der Waals surface area contributed by atoms with Crippen LogP contribution in [0.4, 0.5) is 0 Å². The highest BCUT2D eigenvalue weighted by atomic mass is 16.6. The predicted molar refractivity (Wildman–Crippen MR) is 103 cm³/mol. The number of rotatable bonds is 7. The van der Waals surface area contributed by atoms with Gasteiger partial charge in [-0.15, -0.1) is 0 Å². The number of aryl methyl sites for hydroxylation is 1. The molecule has 1 aliphatic carbocycles. The molecule has 0 aliphatic heterocycles. The topological polar surface area (TPSA) is 72.0 Å². The van der Waals surface area contributed by atoms with Gasteiger partial charge < -0.3 is 20.1 Å². The summed E-state index contributed by atoms with van der Waals surface area (Å²) in [4.78, 5) is 16.0. The fourth-order valence-corrected chi connectivity index (χ4v) is 2.37. The molecule has 1 aromatic rings. The smallest absolute Gasteiger partial charge is 0.325 e. The molecular formula is C20H31N3O3. The Morgan fingerprint density at radius 1 is 1.27 bits per heavy atom. The van der Waals surface area contributed by atoms with Gasteiger partial charge in [0.2, 0.25) is 0 Å². The van der Waals surface area contributed by atoms with Crippen molar-refractivity contribution >= 4 is 11.9 Å². The van der Waals surface area contributed by atoms with E-state index in [4.69, 9.17) is 9.47 Å². The molecule has 26 heavy (non-hydrogen) atoms. The lowest BCUT2D eigenvalue weighted by molar-refractivity contribution is -0.153. The molecule has 2 rings (SSSR count). The quantitative estimate of drug-likeness (QED) is 0.444. The maximum absolute atomic E-state index is 11.8. The van der Waals surface area contributed by atoms with Gasteiger partial charge in [-0.2, -0.15) is 0 Å². The van der Waals surface area contributed by atoms with Crippen molar-refractivity contribution in [1.82, 2.24) is 10.6 Å². The first-order chi connectivity index (χ1) is 12.3. The molecule has 6 heteroatoms. The highest BCUT2D eigenvalue weighted by Crippen LogP contribution is 2.30. The highest BCUT2D eigenvalue weighted by molar-refractivity contribution is 5.84. The summed E-state index contributed by atoms with van der Waals surface area (Å²) >= 11 is 0. The van der Waals surface area contributed by atoms with Crippen molar-refractivity contribution in [2.75, 3.05) is 20.2 Å². The molecule has 0 atom stereocenters. The van der Waals surface area contributed by atoms with E-state index in [0.29, 0.717) is 18.4 Å². The first-order valence-electron chi connectivity index (χ1n) is 9.15. The maximum atomic E-state index is 11.8. The summed E-state index contributed by atoms with van der Waals surface area (Å²) < 4.78 is 11.3. The van der Waals surface area contributed by atoms with Crippen LogP contribution in [0.2, 0.25) is 0 Å². The molecule has 0 amide bonds. The molecule has 0 bridgehead atoms. The van der Waals surface area contributed by atoms with Crippen LogP contribution < -0.4 is 15.4 Å². The monoisotopic (exact) mass is 361 g/mol. The number of hydrogen-bond acceptors (Lipinski definition) is 4. The summed E-state index contributed by atoms with van der Waals surface area (Å²) in [5, 5.41) is 6.19. The van der Waals surface area contributed by atoms with E-state index in [1.54, 1.807) is 7.05 Å². The Morgan fingerprint density at radius 2 is 2.00 bits per heavy atom. The molecule has 6 nitrogen and oxygen atoms in total. The zero-order chi connectivity index (χ0) is 19.2. The average Bonchev–Trinajstić information content (AvgIpc) is 3.37. The van der Waals surface area contributed by atoms with Gasteiger partial charge in [-0.3, -0.25) is 9.79 Å². The van der Waals surface area contributed by atoms with Gasteiger partial charge in [0.15, 0.2) is 5.96 Å². The summed E-state index contributed by atoms with van der Waals surface area (Å²) in [5.74, 6) is 1.85. The van der Waals surface area contributed by atoms with E-state index in [9.17, 15) is 4.79 Å². The van der Waals surface area contributed by atoms with Crippen LogP contribution >= 0.6 is 0 Å². The molecule has 0 saturated heterocycles. The van der Waals surface area contributed by atoms with Gasteiger partial charge >= 0.3 is 5.97 Å². The largest absolute Gasteiger partial charge is 0.493 e. The first-order valence-corrected chi connectivity index (χ1v) is 9.15. The van der Waals surface area contributed by atoms with Crippen molar-refractivity contribution < 1.29 is 14.3 Å². The van der Waals surface area contributed by atoms with Crippen LogP contribution in [0, 0.1) is 12.8 Å². The van der Waals surface area contributed by atoms with Gasteiger partial charge in [-0.1, -0.05) is 12.1 Å². The molecule has 1 aromatic carbocycles. The van der Waals surface area contributed by atoms with E-state index in [1.807, 2.05) is 20.8 Å². The molecule has 1 fully saturated rings. The number of hydrogen-bond donors (Lipinski definition) is 2. The van der Waals surface area contributed by atoms with Crippen LogP contribution in [0.3, 0.4) is 0 Å². The van der Waals surface area contributed by atoms with Crippen molar-refractivity contribution in [3.63, 3.8) is 0 Å². The van der Waals surface area contributed by atoms with E-state index in [2.05, 4.69) is 40.7 Å². The number of guanidine groups is 1. The van der Waals surface area contributed by atoms with Crippen molar-refractivity contribution in [3.05, 3.63) is 29.3 Å². The molecule has 2 N–H and O–H groups in total. The minimum atomic E-state index is -0.495. The van der Waals surface area contributed by atoms with Crippen LogP contribution in [-0.2, 0) is 16.1 Å². The number of benzene rings is 1. The van der Waals surface area contributed by atoms with E-state index in [1.165, 1.54) is 18.4 Å². The van der Waals surface area contributed by atoms with Gasteiger partial charge in [-0.05, 0) is 58.1 Å². The molecule has 1 saturated carbocycles. The Kier molecular flexibility index (Phi) is 6.89. The Bertz CT molecular complexity index is 646. The molecule has 0 spiro atoms. The number of carbonyl (C=O) groups is 1. The predicted octanol–water partition coefficient (Wildman–Crippen LogP) is 2.79. The third-order valence-corrected chi connectivity index (χ3v) is 3.88. The van der Waals surface area contributed by atoms with Gasteiger partial charge in [0.25, 0.3) is 0 Å². The second-order valence-electron chi connectivity index (χ2n) is 7.73. The molecule has 144 valence electrons. The highest BCUT2D eigenvalue weighted by Gasteiger charge is 2.22. The molecule has 0 unspecified atom stereocenters. The lowest BCUT2D eigenvalue weighted by Crippen LogP contribution is -2.41. The van der Waals surface area contributed by atoms with Crippen molar-refractivity contribution in [2.24, 2.45) is 10.9 Å². The van der Waals surface area contributed by atoms with E-state index in [0.717, 1.165) is 17.9 Å². The molecule has 1 aliphatic rings. The van der Waals surface area contributed by atoms with Crippen LogP contribution in [0.1, 0.15) is 44.7 Å². The Morgan fingerprint density at radius 3 is 2.62 bits per heavy atom. The van der Waals surface area contributed by atoms with Gasteiger partial charge in [0.1, 0.15) is 17.9 Å². The molecule has 0 aromatic heterocycles. The summed E-state index contributed by atoms with van der Waals surface area (Å²) in [6.07, 6.45) is 2.53. The maximum Gasteiger partial charge on any atom is 0.325 e. The molecular weight excluding hydrogens is 330 g/mol. The second kappa shape index (κ2) is 8.92. The number of nitrogens with one attached hydrogen (secondary N) is 2. The van der Waals surface area contributed by atoms with Crippen molar-refractivity contribution in [2.45, 2.75) is 52.7 Å². The number of aliphatic imine (C=N–C) groups is 1. The zero-order valence-corrected chi connectivity index (χ0v) is 16.5. The van der Waals surface area contributed by atoms with Gasteiger partial charge in [-0.25, -0.2) is 0 Å². The summed E-state index contributed by atoms with van der Waals surface area (Å²) in [6.45, 7) is 9.00. The minimum absolute atomic E-state index is 0.0654. The third-order valence-electron chi connectivity index (χ3n) is 3.88. The standard InChI is InChI=1S/C20H31N3O3/c1-14-6-9-16(17(10-14)25-13-15-7-8-15)11-22-19(21-5)23-12-18(24)26-20(2,3)4/h6,9-10,15H,7-8,11-13H2,1-5H3,(H2,21,22,23). The fraction of sp³-hybridized carbons (Fsp3) is 0.600. The fourth-order valence-electron chi connectivity index (χ4n) is 2.37.